The Balaban J connectivity index is 1.60. The predicted octanol–water partition coefficient (Wildman–Crippen LogP) is 4.62. The Hall–Kier alpha value is -2.82. The number of fused-ring (bicyclic) bond motifs is 1. The summed E-state index contributed by atoms with van der Waals surface area (Å²) in [6.45, 7) is 0.334. The quantitative estimate of drug-likeness (QED) is 0.788. The first kappa shape index (κ1) is 20.5. The second-order valence-electron chi connectivity index (χ2n) is 8.29. The van der Waals surface area contributed by atoms with Gasteiger partial charge in [-0.15, -0.1) is 0 Å². The van der Waals surface area contributed by atoms with E-state index < -0.39 is 6.04 Å². The maximum atomic E-state index is 13.4. The van der Waals surface area contributed by atoms with Crippen molar-refractivity contribution in [3.63, 3.8) is 0 Å². The fraction of sp³-hybridized carbons (Fsp3) is 0.440. The van der Waals surface area contributed by atoms with Gasteiger partial charge in [-0.3, -0.25) is 9.59 Å². The Kier molecular flexibility index (Phi) is 6.36. The second kappa shape index (κ2) is 9.33. The third-order valence-corrected chi connectivity index (χ3v) is 6.29. The number of ether oxygens (including phenoxy) is 1. The molecule has 1 atom stereocenters. The van der Waals surface area contributed by atoms with Crippen LogP contribution in [-0.2, 0) is 11.3 Å². The van der Waals surface area contributed by atoms with E-state index >= 15 is 0 Å². The number of carbonyl (C=O) groups excluding carboxylic acids is 2. The number of nitrogens with one attached hydrogen (secondary N) is 1. The van der Waals surface area contributed by atoms with Gasteiger partial charge in [-0.25, -0.2) is 0 Å². The third-order valence-electron chi connectivity index (χ3n) is 6.29. The van der Waals surface area contributed by atoms with Gasteiger partial charge in [0.15, 0.2) is 0 Å². The molecule has 0 aromatic heterocycles. The first-order chi connectivity index (χ1) is 14.7. The Morgan fingerprint density at radius 2 is 1.67 bits per heavy atom. The molecule has 5 heteroatoms. The monoisotopic (exact) mass is 406 g/mol. The largest absolute Gasteiger partial charge is 0.496 e. The minimum absolute atomic E-state index is 0.0752. The summed E-state index contributed by atoms with van der Waals surface area (Å²) >= 11 is 0. The van der Waals surface area contributed by atoms with Crippen LogP contribution in [0.3, 0.4) is 0 Å². The topological polar surface area (TPSA) is 58.6 Å². The van der Waals surface area contributed by atoms with Crippen molar-refractivity contribution in [1.29, 1.82) is 0 Å². The molecule has 1 fully saturated rings. The van der Waals surface area contributed by atoms with Crippen LogP contribution in [0.15, 0.2) is 48.5 Å². The lowest BCUT2D eigenvalue weighted by atomic mass is 9.96. The summed E-state index contributed by atoms with van der Waals surface area (Å²) in [6.07, 6.45) is 8.08. The molecule has 2 amide bonds. The van der Waals surface area contributed by atoms with Crippen LogP contribution in [0.1, 0.15) is 72.5 Å². The lowest BCUT2D eigenvalue weighted by Crippen LogP contribution is -2.43. The Labute approximate surface area is 178 Å². The molecule has 1 aliphatic carbocycles. The highest BCUT2D eigenvalue weighted by molar-refractivity contribution is 6.04. The number of carbonyl (C=O) groups is 2. The van der Waals surface area contributed by atoms with E-state index in [-0.39, 0.29) is 17.9 Å². The molecule has 2 aromatic carbocycles. The van der Waals surface area contributed by atoms with Gasteiger partial charge in [0.2, 0.25) is 5.91 Å². The standard InChI is InChI=1S/C25H30N2O3/c1-30-22-16-10-7-11-18(22)17-27-23(20-14-8-9-15-21(20)25(27)29)24(28)26-19-12-5-3-2-4-6-13-19/h7-11,14-16,19,23H,2-6,12-13,17H2,1H3,(H,26,28)/t23-/m1/s1. The highest BCUT2D eigenvalue weighted by Gasteiger charge is 2.41. The van der Waals surface area contributed by atoms with Gasteiger partial charge in [-0.2, -0.15) is 0 Å². The van der Waals surface area contributed by atoms with Gasteiger partial charge in [0.1, 0.15) is 11.8 Å². The molecule has 1 saturated carbocycles. The van der Waals surface area contributed by atoms with Gasteiger partial charge in [-0.05, 0) is 30.5 Å². The maximum Gasteiger partial charge on any atom is 0.255 e. The maximum absolute atomic E-state index is 13.4. The fourth-order valence-electron chi connectivity index (χ4n) is 4.71. The Bertz CT molecular complexity index is 903. The molecule has 0 radical (unpaired) electrons. The third kappa shape index (κ3) is 4.20. The van der Waals surface area contributed by atoms with E-state index in [1.165, 1.54) is 19.3 Å². The van der Waals surface area contributed by atoms with E-state index in [1.807, 2.05) is 48.5 Å². The smallest absolute Gasteiger partial charge is 0.255 e. The zero-order valence-electron chi connectivity index (χ0n) is 17.6. The molecule has 4 rings (SSSR count). The normalized spacial score (nSPS) is 19.7. The molecule has 0 saturated heterocycles. The zero-order chi connectivity index (χ0) is 20.9. The summed E-state index contributed by atoms with van der Waals surface area (Å²) < 4.78 is 5.47. The van der Waals surface area contributed by atoms with Crippen LogP contribution in [0.5, 0.6) is 5.75 Å². The minimum atomic E-state index is -0.607. The molecular formula is C25H30N2O3. The average molecular weight is 407 g/mol. The summed E-state index contributed by atoms with van der Waals surface area (Å²) in [4.78, 5) is 28.3. The van der Waals surface area contributed by atoms with Gasteiger partial charge >= 0.3 is 0 Å². The first-order valence-electron chi connectivity index (χ1n) is 11.0. The molecule has 0 bridgehead atoms. The molecule has 1 N–H and O–H groups in total. The van der Waals surface area contributed by atoms with Crippen molar-refractivity contribution in [2.45, 2.75) is 63.6 Å². The van der Waals surface area contributed by atoms with Gasteiger partial charge in [0.25, 0.3) is 5.91 Å². The van der Waals surface area contributed by atoms with Crippen LogP contribution < -0.4 is 10.1 Å². The Morgan fingerprint density at radius 1 is 1.00 bits per heavy atom. The number of rotatable bonds is 5. The van der Waals surface area contributed by atoms with E-state index in [2.05, 4.69) is 5.32 Å². The zero-order valence-corrected chi connectivity index (χ0v) is 17.6. The van der Waals surface area contributed by atoms with Gasteiger partial charge in [-0.1, -0.05) is 68.5 Å². The van der Waals surface area contributed by atoms with Crippen LogP contribution in [0, 0.1) is 0 Å². The van der Waals surface area contributed by atoms with E-state index in [0.717, 1.165) is 42.6 Å². The van der Waals surface area contributed by atoms with Crippen molar-refractivity contribution in [3.05, 3.63) is 65.2 Å². The summed E-state index contributed by atoms with van der Waals surface area (Å²) in [7, 11) is 1.62. The number of hydrogen-bond donors (Lipinski definition) is 1. The molecule has 1 aliphatic heterocycles. The van der Waals surface area contributed by atoms with E-state index in [4.69, 9.17) is 4.74 Å². The second-order valence-corrected chi connectivity index (χ2v) is 8.29. The van der Waals surface area contributed by atoms with Crippen LogP contribution in [0.4, 0.5) is 0 Å². The summed E-state index contributed by atoms with van der Waals surface area (Å²) in [5, 5.41) is 3.27. The lowest BCUT2D eigenvalue weighted by molar-refractivity contribution is -0.126. The Morgan fingerprint density at radius 3 is 2.43 bits per heavy atom. The minimum Gasteiger partial charge on any atom is -0.496 e. The van der Waals surface area contributed by atoms with Crippen molar-refractivity contribution < 1.29 is 14.3 Å². The van der Waals surface area contributed by atoms with Gasteiger partial charge in [0.05, 0.1) is 13.7 Å². The molecular weight excluding hydrogens is 376 g/mol. The number of methoxy groups -OCH3 is 1. The summed E-state index contributed by atoms with van der Waals surface area (Å²) in [6, 6.07) is 14.7. The van der Waals surface area contributed by atoms with Crippen molar-refractivity contribution in [2.75, 3.05) is 7.11 Å². The molecule has 0 spiro atoms. The number of hydrogen-bond acceptors (Lipinski definition) is 3. The summed E-state index contributed by atoms with van der Waals surface area (Å²) in [5.41, 5.74) is 2.30. The molecule has 2 aliphatic rings. The van der Waals surface area contributed by atoms with Gasteiger partial charge < -0.3 is 15.0 Å². The van der Waals surface area contributed by atoms with Crippen LogP contribution in [0.25, 0.3) is 0 Å². The molecule has 2 aromatic rings. The first-order valence-corrected chi connectivity index (χ1v) is 11.0. The molecule has 1 heterocycles. The average Bonchev–Trinajstić information content (AvgIpc) is 3.02. The number of para-hydroxylation sites is 1. The lowest BCUT2D eigenvalue weighted by Gasteiger charge is -2.28. The molecule has 5 nitrogen and oxygen atoms in total. The molecule has 30 heavy (non-hydrogen) atoms. The highest BCUT2D eigenvalue weighted by atomic mass is 16.5. The number of amides is 2. The van der Waals surface area contributed by atoms with E-state index in [0.29, 0.717) is 12.1 Å². The van der Waals surface area contributed by atoms with Crippen LogP contribution >= 0.6 is 0 Å². The molecule has 0 unspecified atom stereocenters. The molecule has 158 valence electrons. The fourth-order valence-corrected chi connectivity index (χ4v) is 4.71. The van der Waals surface area contributed by atoms with Crippen LogP contribution in [0.2, 0.25) is 0 Å². The van der Waals surface area contributed by atoms with Crippen molar-refractivity contribution in [2.24, 2.45) is 0 Å². The van der Waals surface area contributed by atoms with Crippen molar-refractivity contribution in [1.82, 2.24) is 10.2 Å². The predicted molar refractivity (Wildman–Crippen MR) is 116 cm³/mol. The number of benzene rings is 2. The number of nitrogens with zero attached hydrogens (tertiary/aromatic N) is 1. The van der Waals surface area contributed by atoms with Crippen molar-refractivity contribution >= 4 is 11.8 Å². The van der Waals surface area contributed by atoms with Crippen LogP contribution in [-0.4, -0.2) is 29.9 Å². The van der Waals surface area contributed by atoms with E-state index in [1.54, 1.807) is 12.0 Å². The van der Waals surface area contributed by atoms with Gasteiger partial charge in [0, 0.05) is 17.2 Å². The van der Waals surface area contributed by atoms with Crippen molar-refractivity contribution in [3.8, 4) is 5.75 Å². The van der Waals surface area contributed by atoms with E-state index in [9.17, 15) is 9.59 Å². The SMILES string of the molecule is COc1ccccc1CN1C(=O)c2ccccc2[C@@H]1C(=O)NC1CCCCCCC1. The summed E-state index contributed by atoms with van der Waals surface area (Å²) in [5.74, 6) is 0.545. The highest BCUT2D eigenvalue weighted by Crippen LogP contribution is 2.36.